The van der Waals surface area contributed by atoms with Crippen LogP contribution < -0.4 is 10.1 Å². The number of rotatable bonds is 22. The molecular formula is C46H57NO15. The predicted molar refractivity (Wildman–Crippen MR) is 221 cm³/mol. The van der Waals surface area contributed by atoms with Crippen LogP contribution in [-0.4, -0.2) is 113 Å². The summed E-state index contributed by atoms with van der Waals surface area (Å²) in [7, 11) is 2.76. The van der Waals surface area contributed by atoms with E-state index in [2.05, 4.69) is 11.9 Å². The minimum atomic E-state index is -1.59. The Morgan fingerprint density at radius 2 is 1.27 bits per heavy atom. The molecule has 0 saturated carbocycles. The molecule has 16 nitrogen and oxygen atoms in total. The van der Waals surface area contributed by atoms with Gasteiger partial charge in [0, 0.05) is 20.8 Å². The van der Waals surface area contributed by atoms with Crippen molar-refractivity contribution in [1.29, 1.82) is 0 Å². The Labute approximate surface area is 362 Å². The zero-order valence-corrected chi connectivity index (χ0v) is 35.7. The van der Waals surface area contributed by atoms with Gasteiger partial charge < -0.3 is 57.4 Å². The number of ether oxygens (including phenoxy) is 11. The Kier molecular flexibility index (Phi) is 18.9. The molecule has 2 aliphatic rings. The van der Waals surface area contributed by atoms with Crippen molar-refractivity contribution >= 4 is 23.8 Å². The second kappa shape index (κ2) is 24.4. The van der Waals surface area contributed by atoms with Gasteiger partial charge in [0.2, 0.25) is 5.91 Å². The first-order chi connectivity index (χ1) is 30.0. The first kappa shape index (κ1) is 47.8. The molecule has 1 amide bonds. The van der Waals surface area contributed by atoms with Crippen LogP contribution in [0.3, 0.4) is 0 Å². The Morgan fingerprint density at radius 3 is 1.82 bits per heavy atom. The minimum Gasteiger partial charge on any atom is -0.497 e. The number of allylic oxidation sites excluding steroid dienone is 1. The third-order valence-corrected chi connectivity index (χ3v) is 10.00. The van der Waals surface area contributed by atoms with Gasteiger partial charge in [-0.3, -0.25) is 14.4 Å². The zero-order valence-electron chi connectivity index (χ0n) is 35.7. The number of unbranched alkanes of at least 4 members (excludes halogenated alkanes) is 1. The largest absolute Gasteiger partial charge is 0.497 e. The fourth-order valence-corrected chi connectivity index (χ4v) is 7.07. The van der Waals surface area contributed by atoms with E-state index in [-0.39, 0.29) is 33.0 Å². The zero-order chi connectivity index (χ0) is 44.4. The van der Waals surface area contributed by atoms with E-state index < -0.39 is 85.2 Å². The van der Waals surface area contributed by atoms with Crippen molar-refractivity contribution in [1.82, 2.24) is 5.32 Å². The molecule has 2 heterocycles. The van der Waals surface area contributed by atoms with E-state index >= 15 is 0 Å². The number of methoxy groups -OCH3 is 2. The molecule has 3 aromatic rings. The van der Waals surface area contributed by atoms with E-state index in [9.17, 15) is 19.2 Å². The van der Waals surface area contributed by atoms with Crippen LogP contribution in [-0.2, 0) is 86.4 Å². The number of hydrogen-bond donors (Lipinski definition) is 1. The Bertz CT molecular complexity index is 1860. The number of hydrogen-bond acceptors (Lipinski definition) is 15. The maximum atomic E-state index is 13.7. The lowest BCUT2D eigenvalue weighted by atomic mass is 9.94. The van der Waals surface area contributed by atoms with Crippen LogP contribution in [0.25, 0.3) is 0 Å². The normalized spacial score (nSPS) is 25.8. The predicted octanol–water partition coefficient (Wildman–Crippen LogP) is 4.74. The molecule has 2 saturated heterocycles. The van der Waals surface area contributed by atoms with Crippen LogP contribution in [0.1, 0.15) is 50.3 Å². The summed E-state index contributed by atoms with van der Waals surface area (Å²) in [6, 6.07) is 24.7. The summed E-state index contributed by atoms with van der Waals surface area (Å²) in [5, 5.41) is 2.91. The molecular weight excluding hydrogens is 806 g/mol. The molecule has 0 aromatic heterocycles. The second-order valence-corrected chi connectivity index (χ2v) is 14.6. The summed E-state index contributed by atoms with van der Waals surface area (Å²) >= 11 is 0. The van der Waals surface area contributed by atoms with Crippen LogP contribution in [0.4, 0.5) is 0 Å². The molecule has 0 aliphatic carbocycles. The Morgan fingerprint density at radius 1 is 0.677 bits per heavy atom. The molecule has 3 aromatic carbocycles. The van der Waals surface area contributed by atoms with E-state index in [1.54, 1.807) is 37.5 Å². The smallest absolute Gasteiger partial charge is 0.337 e. The van der Waals surface area contributed by atoms with E-state index in [4.69, 9.17) is 52.1 Å². The number of nitrogens with one attached hydrogen (secondary N) is 1. The Balaban J connectivity index is 1.58. The lowest BCUT2D eigenvalue weighted by molar-refractivity contribution is -0.354. The SMILES string of the molecule is C=CCCCO[C@@H]1O[C@H](COC(C)=O)[C@@H](O[C@H]2O[C@@H](C(=O)OC)[C@@H](OCc3ccc(OC)cc3)[C@H](OCc3ccccc3)[C@H]2OC(C)=O)[C@H](OCc2ccccc2)[C@H]1NC(C)=O. The molecule has 0 bridgehead atoms. The maximum absolute atomic E-state index is 13.7. The van der Waals surface area contributed by atoms with Gasteiger partial charge in [-0.25, -0.2) is 4.79 Å². The van der Waals surface area contributed by atoms with Crippen molar-refractivity contribution in [3.8, 4) is 5.75 Å². The van der Waals surface area contributed by atoms with Crippen molar-refractivity contribution in [3.05, 3.63) is 114 Å². The van der Waals surface area contributed by atoms with Crippen molar-refractivity contribution in [2.24, 2.45) is 0 Å². The monoisotopic (exact) mass is 863 g/mol. The number of carbonyl (C=O) groups excluding carboxylic acids is 4. The molecule has 1 N–H and O–H groups in total. The van der Waals surface area contributed by atoms with Crippen LogP contribution >= 0.6 is 0 Å². The summed E-state index contributed by atoms with van der Waals surface area (Å²) in [4.78, 5) is 51.9. The van der Waals surface area contributed by atoms with E-state index in [0.29, 0.717) is 18.6 Å². The molecule has 5 rings (SSSR count). The highest BCUT2D eigenvalue weighted by molar-refractivity contribution is 5.76. The minimum absolute atomic E-state index is 0.00614. The highest BCUT2D eigenvalue weighted by atomic mass is 16.8. The number of amides is 1. The van der Waals surface area contributed by atoms with Crippen molar-refractivity contribution in [2.75, 3.05) is 27.4 Å². The van der Waals surface area contributed by atoms with Gasteiger partial charge in [-0.2, -0.15) is 0 Å². The summed E-state index contributed by atoms with van der Waals surface area (Å²) in [6.45, 7) is 7.48. The molecule has 0 unspecified atom stereocenters. The van der Waals surface area contributed by atoms with Crippen molar-refractivity contribution in [2.45, 2.75) is 115 Å². The molecule has 16 heteroatoms. The van der Waals surface area contributed by atoms with Gasteiger partial charge in [0.05, 0.1) is 40.6 Å². The number of esters is 3. The average molecular weight is 864 g/mol. The molecule has 0 spiro atoms. The van der Waals surface area contributed by atoms with E-state index in [1.807, 2.05) is 60.7 Å². The van der Waals surface area contributed by atoms with Gasteiger partial charge in [0.1, 0.15) is 48.9 Å². The maximum Gasteiger partial charge on any atom is 0.337 e. The first-order valence-corrected chi connectivity index (χ1v) is 20.4. The summed E-state index contributed by atoms with van der Waals surface area (Å²) < 4.78 is 67.6. The van der Waals surface area contributed by atoms with Gasteiger partial charge in [-0.05, 0) is 41.7 Å². The topological polar surface area (TPSA) is 182 Å². The van der Waals surface area contributed by atoms with E-state index in [1.165, 1.54) is 27.9 Å². The van der Waals surface area contributed by atoms with Crippen molar-refractivity contribution in [3.63, 3.8) is 0 Å². The number of benzene rings is 3. The van der Waals surface area contributed by atoms with Gasteiger partial charge in [-0.15, -0.1) is 6.58 Å². The summed E-state index contributed by atoms with van der Waals surface area (Å²) in [5.74, 6) is -1.94. The highest BCUT2D eigenvalue weighted by Crippen LogP contribution is 2.36. The average Bonchev–Trinajstić information content (AvgIpc) is 3.27. The van der Waals surface area contributed by atoms with E-state index in [0.717, 1.165) is 16.7 Å². The standard InChI is InChI=1S/C46H57NO15/c1-7-8-15-24-54-45-37(47-29(2)48)39(56-25-32-16-11-9-12-17-32)38(36(60-45)28-55-30(3)49)61-46-43(59-31(4)50)41(58-26-33-18-13-10-14-19-33)40(42(62-46)44(51)53-6)57-27-34-20-22-35(52-5)23-21-34/h7,9-14,16-23,36-43,45-46H,1,8,15,24-28H2,2-6H3,(H,47,48)/t36-,37-,38-,39-,40+,41+,42-,43-,45-,46+/m1/s1. The van der Waals surface area contributed by atoms with Crippen LogP contribution in [0.15, 0.2) is 97.6 Å². The fraction of sp³-hybridized carbons (Fsp3) is 0.478. The molecule has 2 fully saturated rings. The van der Waals surface area contributed by atoms with Crippen LogP contribution in [0, 0.1) is 0 Å². The van der Waals surface area contributed by atoms with Crippen LogP contribution in [0.5, 0.6) is 5.75 Å². The van der Waals surface area contributed by atoms with Gasteiger partial charge in [0.25, 0.3) is 0 Å². The fourth-order valence-electron chi connectivity index (χ4n) is 7.07. The van der Waals surface area contributed by atoms with Gasteiger partial charge in [0.15, 0.2) is 24.8 Å². The molecule has 62 heavy (non-hydrogen) atoms. The third kappa shape index (κ3) is 13.9. The van der Waals surface area contributed by atoms with Crippen LogP contribution in [0.2, 0.25) is 0 Å². The van der Waals surface area contributed by atoms with Gasteiger partial charge in [-0.1, -0.05) is 78.9 Å². The Hall–Kier alpha value is -5.20. The lowest BCUT2D eigenvalue weighted by Crippen LogP contribution is -2.69. The molecule has 0 radical (unpaired) electrons. The third-order valence-electron chi connectivity index (χ3n) is 10.00. The number of carbonyl (C=O) groups is 4. The van der Waals surface area contributed by atoms with Crippen molar-refractivity contribution < 1.29 is 71.3 Å². The first-order valence-electron chi connectivity index (χ1n) is 20.4. The quantitative estimate of drug-likeness (QED) is 0.0633. The van der Waals surface area contributed by atoms with Gasteiger partial charge >= 0.3 is 17.9 Å². The molecule has 10 atom stereocenters. The molecule has 2 aliphatic heterocycles. The molecule has 336 valence electrons. The highest BCUT2D eigenvalue weighted by Gasteiger charge is 2.56. The lowest BCUT2D eigenvalue weighted by Gasteiger charge is -2.49. The summed E-state index contributed by atoms with van der Waals surface area (Å²) in [6.07, 6.45) is -8.49. The second-order valence-electron chi connectivity index (χ2n) is 14.6. The summed E-state index contributed by atoms with van der Waals surface area (Å²) in [5.41, 5.74) is 2.30.